The summed E-state index contributed by atoms with van der Waals surface area (Å²) in [6.07, 6.45) is 1.84. The Kier molecular flexibility index (Phi) is 7.08. The lowest BCUT2D eigenvalue weighted by atomic mass is 10.1. The topological polar surface area (TPSA) is 48.5 Å². The van der Waals surface area contributed by atoms with Crippen LogP contribution in [-0.4, -0.2) is 41.5 Å². The number of piperazine rings is 1. The predicted molar refractivity (Wildman–Crippen MR) is 128 cm³/mol. The average Bonchev–Trinajstić information content (AvgIpc) is 3.24. The molecule has 0 spiro atoms. The number of carbonyl (C=O) groups is 1. The number of amides is 1. The number of hydrogen-bond acceptors (Lipinski definition) is 5. The Labute approximate surface area is 196 Å². The second kappa shape index (κ2) is 9.98. The van der Waals surface area contributed by atoms with Gasteiger partial charge in [-0.25, -0.2) is 9.37 Å². The molecule has 2 aromatic carbocycles. The molecular weight excluding hydrogens is 447 g/mol. The van der Waals surface area contributed by atoms with E-state index in [1.807, 2.05) is 25.3 Å². The quantitative estimate of drug-likeness (QED) is 0.555. The molecule has 1 saturated heterocycles. The Morgan fingerprint density at radius 1 is 1.25 bits per heavy atom. The zero-order chi connectivity index (χ0) is 22.7. The van der Waals surface area contributed by atoms with Gasteiger partial charge in [-0.3, -0.25) is 9.69 Å². The maximum Gasteiger partial charge on any atom is 0.251 e. The van der Waals surface area contributed by atoms with Gasteiger partial charge in [-0.05, 0) is 49.2 Å². The van der Waals surface area contributed by atoms with Crippen molar-refractivity contribution in [1.82, 2.24) is 15.2 Å². The average molecular weight is 473 g/mol. The van der Waals surface area contributed by atoms with Crippen LogP contribution < -0.4 is 10.2 Å². The highest BCUT2D eigenvalue weighted by Gasteiger charge is 2.26. The van der Waals surface area contributed by atoms with Crippen molar-refractivity contribution < 1.29 is 9.18 Å². The van der Waals surface area contributed by atoms with Crippen LogP contribution in [0.5, 0.6) is 0 Å². The van der Waals surface area contributed by atoms with Crippen LogP contribution in [0.3, 0.4) is 0 Å². The van der Waals surface area contributed by atoms with Gasteiger partial charge in [0.25, 0.3) is 5.91 Å². The summed E-state index contributed by atoms with van der Waals surface area (Å²) >= 11 is 7.74. The van der Waals surface area contributed by atoms with E-state index < -0.39 is 0 Å². The number of anilines is 1. The van der Waals surface area contributed by atoms with Crippen LogP contribution in [0.15, 0.2) is 48.7 Å². The molecule has 32 heavy (non-hydrogen) atoms. The van der Waals surface area contributed by atoms with Crippen LogP contribution in [0.4, 0.5) is 9.52 Å². The van der Waals surface area contributed by atoms with Crippen LogP contribution in [0, 0.1) is 12.7 Å². The zero-order valence-electron chi connectivity index (χ0n) is 18.1. The fourth-order valence-electron chi connectivity index (χ4n) is 3.94. The molecule has 1 unspecified atom stereocenters. The highest BCUT2D eigenvalue weighted by Crippen LogP contribution is 2.27. The van der Waals surface area contributed by atoms with Gasteiger partial charge >= 0.3 is 0 Å². The van der Waals surface area contributed by atoms with Gasteiger partial charge in [0.1, 0.15) is 5.82 Å². The summed E-state index contributed by atoms with van der Waals surface area (Å²) in [7, 11) is 0. The van der Waals surface area contributed by atoms with Crippen molar-refractivity contribution in [1.29, 1.82) is 0 Å². The Morgan fingerprint density at radius 2 is 2.03 bits per heavy atom. The third-order valence-corrected chi connectivity index (χ3v) is 7.20. The van der Waals surface area contributed by atoms with E-state index >= 15 is 0 Å². The first-order valence-electron chi connectivity index (χ1n) is 10.6. The van der Waals surface area contributed by atoms with Crippen molar-refractivity contribution in [2.24, 2.45) is 0 Å². The van der Waals surface area contributed by atoms with Crippen LogP contribution in [-0.2, 0) is 13.1 Å². The zero-order valence-corrected chi connectivity index (χ0v) is 19.7. The van der Waals surface area contributed by atoms with E-state index in [9.17, 15) is 9.18 Å². The van der Waals surface area contributed by atoms with Gasteiger partial charge in [0.2, 0.25) is 0 Å². The number of benzene rings is 2. The highest BCUT2D eigenvalue weighted by atomic mass is 35.5. The van der Waals surface area contributed by atoms with Gasteiger partial charge in [-0.2, -0.15) is 0 Å². The molecule has 1 N–H and O–H groups in total. The molecule has 0 saturated carbocycles. The van der Waals surface area contributed by atoms with E-state index in [4.69, 9.17) is 11.6 Å². The van der Waals surface area contributed by atoms with Crippen LogP contribution in [0.25, 0.3) is 0 Å². The van der Waals surface area contributed by atoms with Crippen molar-refractivity contribution in [2.75, 3.05) is 24.5 Å². The molecule has 1 aromatic heterocycles. The minimum absolute atomic E-state index is 0.136. The maximum atomic E-state index is 13.1. The summed E-state index contributed by atoms with van der Waals surface area (Å²) in [5.41, 5.74) is 2.49. The molecular formula is C24H26ClFN4OS. The third-order valence-electron chi connectivity index (χ3n) is 5.75. The fraction of sp³-hybridized carbons (Fsp3) is 0.333. The molecule has 4 rings (SSSR count). The van der Waals surface area contributed by atoms with E-state index in [2.05, 4.69) is 27.0 Å². The number of rotatable bonds is 6. The Bertz CT molecular complexity index is 1090. The molecule has 5 nitrogen and oxygen atoms in total. The normalized spacial score (nSPS) is 16.9. The smallest absolute Gasteiger partial charge is 0.251 e. The Balaban J connectivity index is 1.32. The van der Waals surface area contributed by atoms with Gasteiger partial charge in [0, 0.05) is 53.9 Å². The number of aromatic nitrogens is 1. The first kappa shape index (κ1) is 22.7. The second-order valence-electron chi connectivity index (χ2n) is 8.11. The largest absolute Gasteiger partial charge is 0.347 e. The van der Waals surface area contributed by atoms with Crippen molar-refractivity contribution in [3.8, 4) is 0 Å². The highest BCUT2D eigenvalue weighted by molar-refractivity contribution is 7.15. The molecule has 8 heteroatoms. The Morgan fingerprint density at radius 3 is 2.78 bits per heavy atom. The molecule has 0 radical (unpaired) electrons. The molecule has 0 bridgehead atoms. The van der Waals surface area contributed by atoms with Crippen LogP contribution in [0.1, 0.15) is 33.3 Å². The van der Waals surface area contributed by atoms with E-state index in [-0.39, 0.29) is 11.7 Å². The molecule has 1 aliphatic rings. The van der Waals surface area contributed by atoms with Gasteiger partial charge in [0.05, 0.1) is 6.54 Å². The Hall–Kier alpha value is -2.48. The number of nitrogens with zero attached hydrogens (tertiary/aromatic N) is 3. The lowest BCUT2D eigenvalue weighted by Crippen LogP contribution is -2.51. The molecule has 1 aliphatic heterocycles. The predicted octanol–water partition coefficient (Wildman–Crippen LogP) is 4.88. The third kappa shape index (κ3) is 5.28. The van der Waals surface area contributed by atoms with Gasteiger partial charge in [0.15, 0.2) is 5.13 Å². The molecule has 1 fully saturated rings. The van der Waals surface area contributed by atoms with Crippen molar-refractivity contribution >= 4 is 34.0 Å². The van der Waals surface area contributed by atoms with E-state index in [1.165, 1.54) is 12.1 Å². The minimum atomic E-state index is -0.203. The number of nitrogens with one attached hydrogen (secondary N) is 1. The molecule has 0 aliphatic carbocycles. The first-order valence-corrected chi connectivity index (χ1v) is 11.8. The maximum absolute atomic E-state index is 13.1. The minimum Gasteiger partial charge on any atom is -0.347 e. The van der Waals surface area contributed by atoms with Gasteiger partial charge in [-0.1, -0.05) is 29.8 Å². The molecule has 3 aromatic rings. The molecule has 1 atom stereocenters. The van der Waals surface area contributed by atoms with E-state index in [0.717, 1.165) is 47.3 Å². The first-order chi connectivity index (χ1) is 15.4. The lowest BCUT2D eigenvalue weighted by Gasteiger charge is -2.39. The number of carbonyl (C=O) groups excluding carboxylic acids is 1. The second-order valence-corrected chi connectivity index (χ2v) is 9.61. The molecule has 168 valence electrons. The SMILES string of the molecule is Cc1c(Cl)cccc1C(=O)NCc1cnc(N2CCN(Cc3ccc(F)cc3)CC2C)s1. The molecule has 2 heterocycles. The number of hydrogen-bond donors (Lipinski definition) is 1. The van der Waals surface area contributed by atoms with Gasteiger partial charge in [-0.15, -0.1) is 11.3 Å². The van der Waals surface area contributed by atoms with E-state index in [1.54, 1.807) is 29.5 Å². The van der Waals surface area contributed by atoms with Gasteiger partial charge < -0.3 is 10.2 Å². The summed E-state index contributed by atoms with van der Waals surface area (Å²) in [4.78, 5) is 22.8. The van der Waals surface area contributed by atoms with E-state index in [0.29, 0.717) is 23.2 Å². The lowest BCUT2D eigenvalue weighted by molar-refractivity contribution is 0.0950. The molecule has 1 amide bonds. The summed E-state index contributed by atoms with van der Waals surface area (Å²) in [5, 5.41) is 4.53. The monoisotopic (exact) mass is 472 g/mol. The van der Waals surface area contributed by atoms with Crippen molar-refractivity contribution in [3.63, 3.8) is 0 Å². The van der Waals surface area contributed by atoms with Crippen LogP contribution in [0.2, 0.25) is 5.02 Å². The summed E-state index contributed by atoms with van der Waals surface area (Å²) in [6.45, 7) is 8.00. The summed E-state index contributed by atoms with van der Waals surface area (Å²) in [6, 6.07) is 12.4. The number of halogens is 2. The standard InChI is InChI=1S/C24H26ClFN4OS/c1-16-14-29(15-18-6-8-19(26)9-7-18)10-11-30(16)24-28-13-20(32-24)12-27-23(31)21-4-3-5-22(25)17(21)2/h3-9,13,16H,10-12,14-15H2,1-2H3,(H,27,31). The number of thiazole rings is 1. The van der Waals surface area contributed by atoms with Crippen molar-refractivity contribution in [2.45, 2.75) is 33.0 Å². The summed E-state index contributed by atoms with van der Waals surface area (Å²) in [5.74, 6) is -0.340. The van der Waals surface area contributed by atoms with Crippen molar-refractivity contribution in [3.05, 3.63) is 81.1 Å². The summed E-state index contributed by atoms with van der Waals surface area (Å²) < 4.78 is 13.1. The van der Waals surface area contributed by atoms with Crippen LogP contribution >= 0.6 is 22.9 Å². The fourth-order valence-corrected chi connectivity index (χ4v) is 5.09.